The van der Waals surface area contributed by atoms with Crippen LogP contribution in [0.25, 0.3) is 0 Å². The Balaban J connectivity index is 1.63. The van der Waals surface area contributed by atoms with Crippen LogP contribution in [0.5, 0.6) is 5.75 Å². The minimum Gasteiger partial charge on any atom is -0.494 e. The quantitative estimate of drug-likeness (QED) is 0.258. The fourth-order valence-corrected chi connectivity index (χ4v) is 3.89. The highest BCUT2D eigenvalue weighted by Gasteiger charge is 2.14. The van der Waals surface area contributed by atoms with Gasteiger partial charge < -0.3 is 4.74 Å². The van der Waals surface area contributed by atoms with Gasteiger partial charge in [0, 0.05) is 0 Å². The smallest absolute Gasteiger partial charge is 0.119 e. The largest absolute Gasteiger partial charge is 0.494 e. The molecule has 0 fully saturated rings. The third kappa shape index (κ3) is 8.43. The Morgan fingerprint density at radius 2 is 1.65 bits per heavy atom. The van der Waals surface area contributed by atoms with Gasteiger partial charge in [0.25, 0.3) is 0 Å². The molecule has 0 aromatic heterocycles. The minimum absolute atomic E-state index is 0.847. The van der Waals surface area contributed by atoms with Gasteiger partial charge in [0.05, 0.1) is 6.61 Å². The average Bonchev–Trinajstić information content (AvgIpc) is 2.69. The standard InChI is InChI=1S/C25H40O/c1-3-5-7-8-10-22-11-13-23(14-12-22)15-16-24-17-19-25(20-18-24)26-21-9-6-4-2/h13,17-20,22H,3-12,14-16,21H2,1-2H3. The molecule has 2 rings (SSSR count). The van der Waals surface area contributed by atoms with E-state index in [1.165, 1.54) is 82.6 Å². The molecular formula is C25H40O. The van der Waals surface area contributed by atoms with Crippen molar-refractivity contribution in [3.05, 3.63) is 41.5 Å². The van der Waals surface area contributed by atoms with Crippen LogP contribution in [-0.2, 0) is 6.42 Å². The average molecular weight is 357 g/mol. The summed E-state index contributed by atoms with van der Waals surface area (Å²) in [6.45, 7) is 5.37. The molecule has 0 amide bonds. The highest BCUT2D eigenvalue weighted by Crippen LogP contribution is 2.30. The van der Waals surface area contributed by atoms with Gasteiger partial charge in [-0.3, -0.25) is 0 Å². The first-order valence-corrected chi connectivity index (χ1v) is 11.2. The molecule has 1 heteroatoms. The zero-order valence-corrected chi connectivity index (χ0v) is 17.3. The predicted octanol–water partition coefficient (Wildman–Crippen LogP) is 7.89. The topological polar surface area (TPSA) is 9.23 Å². The van der Waals surface area contributed by atoms with Gasteiger partial charge in [-0.05, 0) is 62.1 Å². The Labute approximate surface area is 162 Å². The van der Waals surface area contributed by atoms with Gasteiger partial charge in [0.2, 0.25) is 0 Å². The minimum atomic E-state index is 0.847. The van der Waals surface area contributed by atoms with E-state index < -0.39 is 0 Å². The van der Waals surface area contributed by atoms with Gasteiger partial charge in [0.15, 0.2) is 0 Å². The number of benzene rings is 1. The van der Waals surface area contributed by atoms with Gasteiger partial charge in [-0.2, -0.15) is 0 Å². The molecule has 0 heterocycles. The van der Waals surface area contributed by atoms with Crippen LogP contribution in [-0.4, -0.2) is 6.61 Å². The summed E-state index contributed by atoms with van der Waals surface area (Å²) in [5.74, 6) is 1.98. The summed E-state index contributed by atoms with van der Waals surface area (Å²) in [4.78, 5) is 0. The maximum Gasteiger partial charge on any atom is 0.119 e. The van der Waals surface area contributed by atoms with Gasteiger partial charge >= 0.3 is 0 Å². The Morgan fingerprint density at radius 3 is 2.35 bits per heavy atom. The van der Waals surface area contributed by atoms with Crippen molar-refractivity contribution in [2.24, 2.45) is 5.92 Å². The van der Waals surface area contributed by atoms with Crippen LogP contribution in [0.4, 0.5) is 0 Å². The van der Waals surface area contributed by atoms with Crippen LogP contribution in [0.15, 0.2) is 35.9 Å². The van der Waals surface area contributed by atoms with Crippen molar-refractivity contribution >= 4 is 0 Å². The fraction of sp³-hybridized carbons (Fsp3) is 0.680. The molecule has 0 N–H and O–H groups in total. The Kier molecular flexibility index (Phi) is 10.5. The summed E-state index contributed by atoms with van der Waals surface area (Å²) in [5.41, 5.74) is 3.13. The van der Waals surface area contributed by atoms with Crippen LogP contribution < -0.4 is 4.74 Å². The molecule has 0 aliphatic heterocycles. The van der Waals surface area contributed by atoms with E-state index in [2.05, 4.69) is 44.2 Å². The van der Waals surface area contributed by atoms with Crippen LogP contribution in [0.2, 0.25) is 0 Å². The van der Waals surface area contributed by atoms with Crippen molar-refractivity contribution < 1.29 is 4.74 Å². The van der Waals surface area contributed by atoms with E-state index in [4.69, 9.17) is 4.74 Å². The van der Waals surface area contributed by atoms with E-state index in [9.17, 15) is 0 Å². The maximum absolute atomic E-state index is 5.81. The third-order valence-corrected chi connectivity index (χ3v) is 5.75. The molecule has 1 aliphatic carbocycles. The second-order valence-corrected chi connectivity index (χ2v) is 8.05. The molecule has 1 nitrogen and oxygen atoms in total. The van der Waals surface area contributed by atoms with E-state index in [1.807, 2.05) is 0 Å². The van der Waals surface area contributed by atoms with Gasteiger partial charge in [-0.15, -0.1) is 0 Å². The summed E-state index contributed by atoms with van der Waals surface area (Å²) < 4.78 is 5.81. The van der Waals surface area contributed by atoms with Crippen molar-refractivity contribution in [2.75, 3.05) is 6.61 Å². The van der Waals surface area contributed by atoms with Crippen molar-refractivity contribution in [3.8, 4) is 5.75 Å². The first kappa shape index (κ1) is 21.1. The molecule has 0 saturated heterocycles. The summed E-state index contributed by atoms with van der Waals surface area (Å²) in [7, 11) is 0. The molecule has 26 heavy (non-hydrogen) atoms. The van der Waals surface area contributed by atoms with Crippen LogP contribution in [0.3, 0.4) is 0 Å². The number of allylic oxidation sites excluding steroid dienone is 2. The van der Waals surface area contributed by atoms with Crippen LogP contribution in [0, 0.1) is 5.92 Å². The normalized spacial score (nSPS) is 17.2. The highest BCUT2D eigenvalue weighted by molar-refractivity contribution is 5.28. The maximum atomic E-state index is 5.81. The Hall–Kier alpha value is -1.24. The van der Waals surface area contributed by atoms with E-state index >= 15 is 0 Å². The molecule has 1 atom stereocenters. The third-order valence-electron chi connectivity index (χ3n) is 5.75. The number of hydrogen-bond acceptors (Lipinski definition) is 1. The Morgan fingerprint density at radius 1 is 0.885 bits per heavy atom. The molecule has 1 aliphatic rings. The zero-order valence-electron chi connectivity index (χ0n) is 17.3. The zero-order chi connectivity index (χ0) is 18.5. The van der Waals surface area contributed by atoms with Crippen LogP contribution in [0.1, 0.15) is 96.5 Å². The summed E-state index contributed by atoms with van der Waals surface area (Å²) in [5, 5.41) is 0. The summed E-state index contributed by atoms with van der Waals surface area (Å²) >= 11 is 0. The molecule has 0 bridgehead atoms. The lowest BCUT2D eigenvalue weighted by atomic mass is 9.84. The predicted molar refractivity (Wildman–Crippen MR) is 114 cm³/mol. The number of aryl methyl sites for hydroxylation is 1. The number of ether oxygens (including phenoxy) is 1. The van der Waals surface area contributed by atoms with Gasteiger partial charge in [0.1, 0.15) is 5.75 Å². The van der Waals surface area contributed by atoms with Gasteiger partial charge in [-0.1, -0.05) is 82.6 Å². The SMILES string of the molecule is CCCCCCC1CC=C(CCc2ccc(OCCCCC)cc2)CC1. The lowest BCUT2D eigenvalue weighted by Crippen LogP contribution is -2.06. The fourth-order valence-electron chi connectivity index (χ4n) is 3.89. The Bertz CT molecular complexity index is 499. The number of hydrogen-bond donors (Lipinski definition) is 0. The van der Waals surface area contributed by atoms with Crippen LogP contribution >= 0.6 is 0 Å². The number of unbranched alkanes of at least 4 members (excludes halogenated alkanes) is 5. The molecule has 0 saturated carbocycles. The molecule has 0 radical (unpaired) electrons. The summed E-state index contributed by atoms with van der Waals surface area (Å²) in [6, 6.07) is 8.77. The molecule has 146 valence electrons. The van der Waals surface area contributed by atoms with Crippen molar-refractivity contribution in [1.82, 2.24) is 0 Å². The lowest BCUT2D eigenvalue weighted by molar-refractivity contribution is 0.306. The first-order chi connectivity index (χ1) is 12.8. The molecule has 1 aromatic carbocycles. The second kappa shape index (κ2) is 13.0. The van der Waals surface area contributed by atoms with Crippen molar-refractivity contribution in [2.45, 2.75) is 97.3 Å². The highest BCUT2D eigenvalue weighted by atomic mass is 16.5. The monoisotopic (exact) mass is 356 g/mol. The second-order valence-electron chi connectivity index (χ2n) is 8.05. The lowest BCUT2D eigenvalue weighted by Gasteiger charge is -2.22. The van der Waals surface area contributed by atoms with E-state index in [1.54, 1.807) is 5.57 Å². The molecular weight excluding hydrogens is 316 g/mol. The van der Waals surface area contributed by atoms with E-state index in [0.29, 0.717) is 0 Å². The van der Waals surface area contributed by atoms with E-state index in [-0.39, 0.29) is 0 Å². The molecule has 1 aromatic rings. The van der Waals surface area contributed by atoms with Gasteiger partial charge in [-0.25, -0.2) is 0 Å². The van der Waals surface area contributed by atoms with E-state index in [0.717, 1.165) is 24.7 Å². The summed E-state index contributed by atoms with van der Waals surface area (Å²) in [6.07, 6.45) is 19.8. The molecule has 0 spiro atoms. The van der Waals surface area contributed by atoms with Crippen molar-refractivity contribution in [3.63, 3.8) is 0 Å². The van der Waals surface area contributed by atoms with Crippen molar-refractivity contribution in [1.29, 1.82) is 0 Å². The first-order valence-electron chi connectivity index (χ1n) is 11.2. The number of rotatable bonds is 13. The molecule has 1 unspecified atom stereocenters.